The highest BCUT2D eigenvalue weighted by Crippen LogP contribution is 2.47. The predicted octanol–water partition coefficient (Wildman–Crippen LogP) is 3.66. The second-order valence-corrected chi connectivity index (χ2v) is 9.26. The largest absolute Gasteiger partial charge is 0.457 e. The fourth-order valence-electron chi connectivity index (χ4n) is 4.52. The highest BCUT2D eigenvalue weighted by molar-refractivity contribution is 5.96. The number of aliphatic hydroxyl groups is 2. The van der Waals surface area contributed by atoms with E-state index in [1.54, 1.807) is 19.9 Å². The molecule has 3 aliphatic rings. The first-order valence-corrected chi connectivity index (χ1v) is 11.1. The van der Waals surface area contributed by atoms with Crippen molar-refractivity contribution in [1.29, 1.82) is 0 Å². The summed E-state index contributed by atoms with van der Waals surface area (Å²) < 4.78 is 54.4. The number of alkyl halides is 3. The molecule has 4 rings (SSSR count). The standard InChI is InChI=1S/C25H25F3O7/c1-14-11-18(29)21-17(22(31)34-19(21)12-23(2)9-10-24(14,32)35-23)13-33-20(30)8-5-15-3-6-16(7-4-15)25(26,27)28/h3-8,12,14,18,29,32H,9-11,13H2,1-2H3/b8-5+,19-12+/t14-,18+,23-,24+/m1/s1. The summed E-state index contributed by atoms with van der Waals surface area (Å²) in [7, 11) is 0. The van der Waals surface area contributed by atoms with Crippen LogP contribution in [0.5, 0.6) is 0 Å². The minimum absolute atomic E-state index is 0.0272. The maximum Gasteiger partial charge on any atom is 0.416 e. The van der Waals surface area contributed by atoms with Crippen LogP contribution in [0.2, 0.25) is 0 Å². The Balaban J connectivity index is 1.50. The topological polar surface area (TPSA) is 102 Å². The Morgan fingerprint density at radius 3 is 2.60 bits per heavy atom. The SMILES string of the molecule is C[C@@H]1C[C@H](O)C2=C(COC(=O)/C=C/c3ccc(C(F)(F)F)cc3)C(=O)O/C2=C/[C@@]2(C)CC[C@]1(O)O2. The second kappa shape index (κ2) is 8.92. The molecule has 0 amide bonds. The van der Waals surface area contributed by atoms with E-state index in [0.717, 1.165) is 18.2 Å². The van der Waals surface area contributed by atoms with E-state index in [4.69, 9.17) is 14.2 Å². The van der Waals surface area contributed by atoms with Gasteiger partial charge in [0.15, 0.2) is 5.79 Å². The zero-order valence-electron chi connectivity index (χ0n) is 19.1. The number of carbonyl (C=O) groups excluding carboxylic acids is 2. The second-order valence-electron chi connectivity index (χ2n) is 9.26. The Kier molecular flexibility index (Phi) is 6.41. The minimum Gasteiger partial charge on any atom is -0.457 e. The molecule has 2 N–H and O–H groups in total. The molecule has 0 unspecified atom stereocenters. The Morgan fingerprint density at radius 2 is 1.94 bits per heavy atom. The molecule has 0 saturated carbocycles. The lowest BCUT2D eigenvalue weighted by molar-refractivity contribution is -0.238. The van der Waals surface area contributed by atoms with E-state index in [9.17, 15) is 33.0 Å². The molecular weight excluding hydrogens is 469 g/mol. The van der Waals surface area contributed by atoms with Crippen molar-refractivity contribution in [1.82, 2.24) is 0 Å². The molecule has 188 valence electrons. The maximum atomic E-state index is 12.7. The summed E-state index contributed by atoms with van der Waals surface area (Å²) in [5.74, 6) is -3.38. The molecule has 0 radical (unpaired) electrons. The van der Waals surface area contributed by atoms with Crippen molar-refractivity contribution >= 4 is 18.0 Å². The lowest BCUT2D eigenvalue weighted by Gasteiger charge is -2.32. The average molecular weight is 494 g/mol. The van der Waals surface area contributed by atoms with Gasteiger partial charge < -0.3 is 24.4 Å². The van der Waals surface area contributed by atoms with Crippen molar-refractivity contribution in [3.05, 3.63) is 64.4 Å². The molecule has 3 heterocycles. The summed E-state index contributed by atoms with van der Waals surface area (Å²) in [5.41, 5.74) is -1.21. The highest BCUT2D eigenvalue weighted by atomic mass is 19.4. The quantitative estimate of drug-likeness (QED) is 0.487. The van der Waals surface area contributed by atoms with Gasteiger partial charge in [0.25, 0.3) is 0 Å². The minimum atomic E-state index is -4.46. The third-order valence-corrected chi connectivity index (χ3v) is 6.55. The number of esters is 2. The van der Waals surface area contributed by atoms with E-state index in [1.165, 1.54) is 18.2 Å². The van der Waals surface area contributed by atoms with Gasteiger partial charge in [-0.25, -0.2) is 9.59 Å². The van der Waals surface area contributed by atoms with Gasteiger partial charge in [-0.3, -0.25) is 0 Å². The van der Waals surface area contributed by atoms with Crippen molar-refractivity contribution in [3.8, 4) is 0 Å². The number of hydrogen-bond acceptors (Lipinski definition) is 7. The highest BCUT2D eigenvalue weighted by Gasteiger charge is 2.51. The van der Waals surface area contributed by atoms with Crippen molar-refractivity contribution in [2.24, 2.45) is 5.92 Å². The van der Waals surface area contributed by atoms with Crippen LogP contribution in [-0.4, -0.2) is 46.3 Å². The molecule has 4 atom stereocenters. The summed E-state index contributed by atoms with van der Waals surface area (Å²) in [4.78, 5) is 24.7. The zero-order valence-corrected chi connectivity index (χ0v) is 19.1. The fourth-order valence-corrected chi connectivity index (χ4v) is 4.52. The number of rotatable bonds is 4. The Hall–Kier alpha value is -2.95. The number of halogens is 3. The van der Waals surface area contributed by atoms with Crippen LogP contribution < -0.4 is 0 Å². The van der Waals surface area contributed by atoms with Gasteiger partial charge in [-0.05, 0) is 49.6 Å². The first kappa shape index (κ1) is 25.2. The third-order valence-electron chi connectivity index (χ3n) is 6.55. The number of carbonyl (C=O) groups is 2. The van der Waals surface area contributed by atoms with Crippen LogP contribution in [0.1, 0.15) is 44.2 Å². The van der Waals surface area contributed by atoms with Crippen molar-refractivity contribution in [2.75, 3.05) is 6.61 Å². The normalized spacial score (nSPS) is 32.4. The van der Waals surface area contributed by atoms with Gasteiger partial charge in [0.05, 0.1) is 22.8 Å². The lowest BCUT2D eigenvalue weighted by Crippen LogP contribution is -2.39. The molecule has 0 aromatic heterocycles. The third kappa shape index (κ3) is 5.19. The van der Waals surface area contributed by atoms with E-state index in [0.29, 0.717) is 18.4 Å². The van der Waals surface area contributed by atoms with E-state index < -0.39 is 53.7 Å². The molecule has 3 aliphatic heterocycles. The molecule has 0 spiro atoms. The van der Waals surface area contributed by atoms with Crippen LogP contribution in [0.4, 0.5) is 13.2 Å². The van der Waals surface area contributed by atoms with Crippen LogP contribution in [-0.2, 0) is 30.0 Å². The molecular formula is C25H25F3O7. The number of benzene rings is 1. The fraction of sp³-hybridized carbons (Fsp3) is 0.440. The molecule has 2 bridgehead atoms. The lowest BCUT2D eigenvalue weighted by atomic mass is 9.86. The average Bonchev–Trinajstić information content (AvgIpc) is 3.26. The summed E-state index contributed by atoms with van der Waals surface area (Å²) in [6.45, 7) is 3.01. The van der Waals surface area contributed by atoms with Gasteiger partial charge in [0.1, 0.15) is 12.4 Å². The van der Waals surface area contributed by atoms with Crippen LogP contribution in [0.15, 0.2) is 53.3 Å². The van der Waals surface area contributed by atoms with Gasteiger partial charge in [0, 0.05) is 24.0 Å². The molecule has 10 heteroatoms. The molecule has 0 aliphatic carbocycles. The van der Waals surface area contributed by atoms with Gasteiger partial charge in [0.2, 0.25) is 0 Å². The van der Waals surface area contributed by atoms with Crippen LogP contribution in [0.3, 0.4) is 0 Å². The van der Waals surface area contributed by atoms with E-state index in [1.807, 2.05) is 0 Å². The van der Waals surface area contributed by atoms with Crippen LogP contribution >= 0.6 is 0 Å². The Bertz CT molecular complexity index is 1120. The van der Waals surface area contributed by atoms with Crippen LogP contribution in [0.25, 0.3) is 6.08 Å². The summed E-state index contributed by atoms with van der Waals surface area (Å²) in [5, 5.41) is 21.7. The predicted molar refractivity (Wildman–Crippen MR) is 116 cm³/mol. The van der Waals surface area contributed by atoms with Crippen molar-refractivity contribution < 1.29 is 47.2 Å². The van der Waals surface area contributed by atoms with Gasteiger partial charge in [-0.1, -0.05) is 19.1 Å². The summed E-state index contributed by atoms with van der Waals surface area (Å²) in [6, 6.07) is 4.21. The molecule has 7 nitrogen and oxygen atoms in total. The van der Waals surface area contributed by atoms with Gasteiger partial charge >= 0.3 is 18.1 Å². The Morgan fingerprint density at radius 1 is 1.26 bits per heavy atom. The van der Waals surface area contributed by atoms with E-state index in [2.05, 4.69) is 0 Å². The van der Waals surface area contributed by atoms with Crippen LogP contribution in [0, 0.1) is 5.92 Å². The summed E-state index contributed by atoms with van der Waals surface area (Å²) >= 11 is 0. The van der Waals surface area contributed by atoms with Gasteiger partial charge in [-0.15, -0.1) is 0 Å². The number of ether oxygens (including phenoxy) is 3. The zero-order chi connectivity index (χ0) is 25.6. The Labute approximate surface area is 199 Å². The molecule has 1 saturated heterocycles. The number of fused-ring (bicyclic) bond motifs is 3. The monoisotopic (exact) mass is 494 g/mol. The van der Waals surface area contributed by atoms with Crippen molar-refractivity contribution in [2.45, 2.75) is 56.8 Å². The first-order chi connectivity index (χ1) is 16.3. The first-order valence-electron chi connectivity index (χ1n) is 11.1. The van der Waals surface area contributed by atoms with E-state index in [-0.39, 0.29) is 23.3 Å². The number of hydrogen-bond donors (Lipinski definition) is 2. The molecule has 1 fully saturated rings. The summed E-state index contributed by atoms with van der Waals surface area (Å²) in [6.07, 6.45) is -0.838. The van der Waals surface area contributed by atoms with Crippen molar-refractivity contribution in [3.63, 3.8) is 0 Å². The molecule has 1 aromatic rings. The maximum absolute atomic E-state index is 12.7. The number of aliphatic hydroxyl groups excluding tert-OH is 1. The van der Waals surface area contributed by atoms with Gasteiger partial charge in [-0.2, -0.15) is 13.2 Å². The van der Waals surface area contributed by atoms with E-state index >= 15 is 0 Å². The molecule has 35 heavy (non-hydrogen) atoms. The smallest absolute Gasteiger partial charge is 0.416 e. The molecule has 1 aromatic carbocycles.